The van der Waals surface area contributed by atoms with Crippen LogP contribution in [0.25, 0.3) is 0 Å². The number of ether oxygens (including phenoxy) is 1. The van der Waals surface area contributed by atoms with Gasteiger partial charge in [-0.05, 0) is 19.8 Å². The van der Waals surface area contributed by atoms with Gasteiger partial charge in [-0.1, -0.05) is 70.8 Å². The Morgan fingerprint density at radius 1 is 0.882 bits per heavy atom. The Kier molecular flexibility index (Phi) is 10.2. The van der Waals surface area contributed by atoms with E-state index in [1.165, 1.54) is 44.9 Å². The minimum atomic E-state index is -0.293. The Bertz CT molecular complexity index is 188. The normalized spacial score (nSPS) is 11.4. The van der Waals surface area contributed by atoms with E-state index in [0.717, 1.165) is 6.42 Å². The van der Waals surface area contributed by atoms with Gasteiger partial charge in [-0.3, -0.25) is 0 Å². The van der Waals surface area contributed by atoms with E-state index in [-0.39, 0.29) is 5.60 Å². The van der Waals surface area contributed by atoms with Gasteiger partial charge < -0.3 is 4.74 Å². The highest BCUT2D eigenvalue weighted by molar-refractivity contribution is 5.09. The zero-order valence-corrected chi connectivity index (χ0v) is 11.8. The molecular weight excluding hydrogens is 208 g/mol. The van der Waals surface area contributed by atoms with Gasteiger partial charge in [-0.15, -0.1) is 0 Å². The van der Waals surface area contributed by atoms with Crippen LogP contribution in [-0.2, 0) is 4.74 Å². The largest absolute Gasteiger partial charge is 0.367 e. The molecule has 0 radical (unpaired) electrons. The molecule has 0 amide bonds. The van der Waals surface area contributed by atoms with Crippen LogP contribution >= 0.6 is 0 Å². The summed E-state index contributed by atoms with van der Waals surface area (Å²) in [6.45, 7) is 12.7. The van der Waals surface area contributed by atoms with Crippen LogP contribution in [0.3, 0.4) is 0 Å². The van der Waals surface area contributed by atoms with Crippen LogP contribution < -0.4 is 0 Å². The Labute approximate surface area is 108 Å². The molecule has 0 aliphatic carbocycles. The summed E-state index contributed by atoms with van der Waals surface area (Å²) >= 11 is 0. The number of rotatable bonds is 12. The Balaban J connectivity index is 3.68. The summed E-state index contributed by atoms with van der Waals surface area (Å²) < 4.78 is 5.74. The molecule has 0 heterocycles. The Hall–Kier alpha value is -0.560. The lowest BCUT2D eigenvalue weighted by Crippen LogP contribution is -2.27. The molecule has 0 saturated heterocycles. The van der Waals surface area contributed by atoms with Gasteiger partial charge in [0.15, 0.2) is 0 Å². The average molecular weight is 238 g/mol. The molecule has 0 aromatic carbocycles. The zero-order valence-electron chi connectivity index (χ0n) is 11.8. The van der Waals surface area contributed by atoms with Crippen molar-refractivity contribution in [2.24, 2.45) is 0 Å². The molecule has 0 fully saturated rings. The predicted octanol–water partition coefficient (Wildman–Crippen LogP) is 5.27. The topological polar surface area (TPSA) is 9.23 Å². The minimum absolute atomic E-state index is 0.293. The van der Waals surface area contributed by atoms with Crippen LogP contribution in [0.2, 0.25) is 0 Å². The second-order valence-electron chi connectivity index (χ2n) is 4.67. The lowest BCUT2D eigenvalue weighted by molar-refractivity contribution is 0.0288. The summed E-state index contributed by atoms with van der Waals surface area (Å²) in [5.41, 5.74) is -0.293. The standard InChI is InChI=1S/C16H30O/c1-5-9-10-11-12-13-14-15-16(6-2,7-3)17-8-4/h6-7H,2-3,5,8-15H2,1,4H3. The molecule has 0 unspecified atom stereocenters. The fraction of sp³-hybridized carbons (Fsp3) is 0.750. The number of hydrogen-bond acceptors (Lipinski definition) is 1. The van der Waals surface area contributed by atoms with E-state index in [9.17, 15) is 0 Å². The lowest BCUT2D eigenvalue weighted by Gasteiger charge is -2.26. The van der Waals surface area contributed by atoms with E-state index in [1.807, 2.05) is 19.1 Å². The van der Waals surface area contributed by atoms with E-state index in [1.54, 1.807) is 0 Å². The molecule has 0 aromatic rings. The summed E-state index contributed by atoms with van der Waals surface area (Å²) in [5.74, 6) is 0. The van der Waals surface area contributed by atoms with E-state index >= 15 is 0 Å². The summed E-state index contributed by atoms with van der Waals surface area (Å²) in [4.78, 5) is 0. The van der Waals surface area contributed by atoms with E-state index in [0.29, 0.717) is 6.61 Å². The first-order chi connectivity index (χ1) is 8.24. The first-order valence-corrected chi connectivity index (χ1v) is 7.15. The maximum Gasteiger partial charge on any atom is 0.104 e. The fourth-order valence-corrected chi connectivity index (χ4v) is 2.10. The minimum Gasteiger partial charge on any atom is -0.367 e. The van der Waals surface area contributed by atoms with Gasteiger partial charge in [-0.25, -0.2) is 0 Å². The molecule has 0 bridgehead atoms. The van der Waals surface area contributed by atoms with Crippen LogP contribution in [0.4, 0.5) is 0 Å². The van der Waals surface area contributed by atoms with Gasteiger partial charge >= 0.3 is 0 Å². The second-order valence-corrected chi connectivity index (χ2v) is 4.67. The van der Waals surface area contributed by atoms with Crippen molar-refractivity contribution in [3.05, 3.63) is 25.3 Å². The maximum absolute atomic E-state index is 5.74. The smallest absolute Gasteiger partial charge is 0.104 e. The first-order valence-electron chi connectivity index (χ1n) is 7.15. The molecule has 0 aromatic heterocycles. The SMILES string of the molecule is C=CC(C=C)(CCCCCCCCC)OCC. The summed E-state index contributed by atoms with van der Waals surface area (Å²) in [6.07, 6.45) is 14.1. The fourth-order valence-electron chi connectivity index (χ4n) is 2.10. The van der Waals surface area contributed by atoms with Gasteiger partial charge in [0.2, 0.25) is 0 Å². The van der Waals surface area contributed by atoms with Crippen LogP contribution in [0.15, 0.2) is 25.3 Å². The first kappa shape index (κ1) is 16.4. The van der Waals surface area contributed by atoms with Crippen molar-refractivity contribution in [3.63, 3.8) is 0 Å². The van der Waals surface area contributed by atoms with Crippen LogP contribution in [0, 0.1) is 0 Å². The van der Waals surface area contributed by atoms with Crippen LogP contribution in [0.1, 0.15) is 65.2 Å². The molecular formula is C16H30O. The highest BCUT2D eigenvalue weighted by atomic mass is 16.5. The van der Waals surface area contributed by atoms with Crippen LogP contribution in [0.5, 0.6) is 0 Å². The highest BCUT2D eigenvalue weighted by Gasteiger charge is 2.21. The molecule has 0 rings (SSSR count). The van der Waals surface area contributed by atoms with Crippen molar-refractivity contribution in [1.29, 1.82) is 0 Å². The quantitative estimate of drug-likeness (QED) is 0.332. The molecule has 0 aliphatic heterocycles. The summed E-state index contributed by atoms with van der Waals surface area (Å²) in [7, 11) is 0. The average Bonchev–Trinajstić information content (AvgIpc) is 2.36. The molecule has 0 spiro atoms. The molecule has 17 heavy (non-hydrogen) atoms. The van der Waals surface area contributed by atoms with Crippen molar-refractivity contribution < 1.29 is 4.74 Å². The molecule has 100 valence electrons. The molecule has 0 aliphatic rings. The van der Waals surface area contributed by atoms with Crippen molar-refractivity contribution in [2.75, 3.05) is 6.61 Å². The van der Waals surface area contributed by atoms with Crippen molar-refractivity contribution in [2.45, 2.75) is 70.8 Å². The number of hydrogen-bond donors (Lipinski definition) is 0. The zero-order chi connectivity index (χ0) is 13.0. The lowest BCUT2D eigenvalue weighted by atomic mass is 9.95. The van der Waals surface area contributed by atoms with E-state index in [4.69, 9.17) is 4.74 Å². The van der Waals surface area contributed by atoms with Gasteiger partial charge in [0.1, 0.15) is 5.60 Å². The molecule has 0 atom stereocenters. The third-order valence-corrected chi connectivity index (χ3v) is 3.28. The van der Waals surface area contributed by atoms with E-state index < -0.39 is 0 Å². The summed E-state index contributed by atoms with van der Waals surface area (Å²) in [6, 6.07) is 0. The molecule has 1 heteroatoms. The highest BCUT2D eigenvalue weighted by Crippen LogP contribution is 2.23. The number of unbranched alkanes of at least 4 members (excludes halogenated alkanes) is 6. The van der Waals surface area contributed by atoms with Gasteiger partial charge in [-0.2, -0.15) is 0 Å². The van der Waals surface area contributed by atoms with Crippen LogP contribution in [-0.4, -0.2) is 12.2 Å². The second kappa shape index (κ2) is 10.6. The van der Waals surface area contributed by atoms with Gasteiger partial charge in [0.25, 0.3) is 0 Å². The molecule has 1 nitrogen and oxygen atoms in total. The Morgan fingerprint density at radius 2 is 1.41 bits per heavy atom. The van der Waals surface area contributed by atoms with Crippen molar-refractivity contribution in [3.8, 4) is 0 Å². The third-order valence-electron chi connectivity index (χ3n) is 3.28. The monoisotopic (exact) mass is 238 g/mol. The van der Waals surface area contributed by atoms with E-state index in [2.05, 4.69) is 20.1 Å². The maximum atomic E-state index is 5.74. The van der Waals surface area contributed by atoms with Gasteiger partial charge in [0.05, 0.1) is 0 Å². The molecule has 0 saturated carbocycles. The van der Waals surface area contributed by atoms with Crippen molar-refractivity contribution >= 4 is 0 Å². The Morgan fingerprint density at radius 3 is 1.88 bits per heavy atom. The third kappa shape index (κ3) is 7.38. The van der Waals surface area contributed by atoms with Gasteiger partial charge in [0, 0.05) is 6.61 Å². The van der Waals surface area contributed by atoms with Crippen molar-refractivity contribution in [1.82, 2.24) is 0 Å². The summed E-state index contributed by atoms with van der Waals surface area (Å²) in [5, 5.41) is 0. The molecule has 0 N–H and O–H groups in total. The predicted molar refractivity (Wildman–Crippen MR) is 77.4 cm³/mol.